The first-order chi connectivity index (χ1) is 24.0. The van der Waals surface area contributed by atoms with Crippen LogP contribution in [-0.4, -0.2) is 69.3 Å². The van der Waals surface area contributed by atoms with Gasteiger partial charge in [0.25, 0.3) is 0 Å². The Kier molecular flexibility index (Phi) is 14.7. The highest BCUT2D eigenvalue weighted by Crippen LogP contribution is 2.20. The SMILES string of the molecule is CC(C)c1nc(CN(C)C(=O)NC(C(=O)N[C@H](Cc2ccccc2)C[C@@H](O)[C@@H](Cc2ccccc2)NC(=O)OCc2cncs2)C(C)C)cs1. The van der Waals surface area contributed by atoms with Crippen LogP contribution in [0.15, 0.2) is 77.8 Å². The number of ether oxygens (including phenoxy) is 1. The first kappa shape index (κ1) is 38.5. The van der Waals surface area contributed by atoms with Crippen molar-refractivity contribution in [3.8, 4) is 0 Å². The zero-order valence-electron chi connectivity index (χ0n) is 29.2. The maximum absolute atomic E-state index is 13.9. The minimum Gasteiger partial charge on any atom is -0.444 e. The molecule has 268 valence electrons. The third-order valence-corrected chi connectivity index (χ3v) is 10.1. The average Bonchev–Trinajstić information content (AvgIpc) is 3.79. The molecule has 0 fully saturated rings. The Hall–Kier alpha value is -4.33. The summed E-state index contributed by atoms with van der Waals surface area (Å²) in [5.74, 6) is -0.277. The Morgan fingerprint density at radius 1 is 0.900 bits per heavy atom. The number of nitrogens with zero attached hydrogens (tertiary/aromatic N) is 3. The Morgan fingerprint density at radius 3 is 2.14 bits per heavy atom. The first-order valence-electron chi connectivity index (χ1n) is 16.8. The number of rotatable bonds is 17. The van der Waals surface area contributed by atoms with Crippen molar-refractivity contribution < 1.29 is 24.2 Å². The number of carbonyl (C=O) groups is 3. The summed E-state index contributed by atoms with van der Waals surface area (Å²) in [4.78, 5) is 51.0. The van der Waals surface area contributed by atoms with Crippen LogP contribution >= 0.6 is 22.7 Å². The Morgan fingerprint density at radius 2 is 1.56 bits per heavy atom. The number of benzene rings is 2. The molecule has 4 atom stereocenters. The van der Waals surface area contributed by atoms with E-state index in [9.17, 15) is 19.5 Å². The summed E-state index contributed by atoms with van der Waals surface area (Å²) in [6, 6.07) is 16.8. The second-order valence-corrected chi connectivity index (χ2v) is 14.9. The molecule has 0 aliphatic carbocycles. The number of thiazole rings is 2. The quantitative estimate of drug-likeness (QED) is 0.106. The molecule has 0 saturated heterocycles. The standard InChI is InChI=1S/C37H48N6O5S2/c1-24(2)33(42-36(46)43(5)20-29-22-49-35(40-29)25(3)4)34(45)39-28(16-26-12-8-6-9-13-26)18-32(44)31(17-27-14-10-7-11-15-27)41-37(47)48-21-30-19-38-23-50-30/h6-15,19,22-25,28,31-33,44H,16-18,20-21H2,1-5H3,(H,39,45)(H,41,47)(H,42,46)/t28-,31-,32-,33?/m1/s1. The molecular weight excluding hydrogens is 673 g/mol. The van der Waals surface area contributed by atoms with E-state index in [1.54, 1.807) is 30.1 Å². The summed E-state index contributed by atoms with van der Waals surface area (Å²) in [5.41, 5.74) is 4.35. The van der Waals surface area contributed by atoms with Crippen LogP contribution < -0.4 is 16.0 Å². The molecular formula is C37H48N6O5S2. The largest absolute Gasteiger partial charge is 0.444 e. The maximum Gasteiger partial charge on any atom is 0.407 e. The molecule has 1 unspecified atom stereocenters. The van der Waals surface area contributed by atoms with E-state index in [-0.39, 0.29) is 30.9 Å². The molecule has 0 aliphatic rings. The van der Waals surface area contributed by atoms with Crippen molar-refractivity contribution in [2.45, 2.75) is 90.3 Å². The fourth-order valence-corrected chi connectivity index (χ4v) is 6.72. The zero-order valence-corrected chi connectivity index (χ0v) is 30.9. The second kappa shape index (κ2) is 19.2. The Balaban J connectivity index is 1.46. The second-order valence-electron chi connectivity index (χ2n) is 13.0. The third-order valence-electron chi connectivity index (χ3n) is 8.13. The van der Waals surface area contributed by atoms with Gasteiger partial charge in [0.15, 0.2) is 0 Å². The Bertz CT molecular complexity index is 1620. The molecule has 0 radical (unpaired) electrons. The number of hydrogen-bond acceptors (Lipinski definition) is 9. The molecule has 0 saturated carbocycles. The number of amides is 4. The summed E-state index contributed by atoms with van der Waals surface area (Å²) in [6.45, 7) is 8.28. The average molecular weight is 721 g/mol. The molecule has 4 aromatic rings. The van der Waals surface area contributed by atoms with Gasteiger partial charge in [-0.3, -0.25) is 9.78 Å². The minimum atomic E-state index is -1.05. The normalized spacial score (nSPS) is 13.7. The molecule has 2 aromatic heterocycles. The fourth-order valence-electron chi connectivity index (χ4n) is 5.39. The van der Waals surface area contributed by atoms with Crippen molar-refractivity contribution in [3.63, 3.8) is 0 Å². The number of hydrogen-bond donors (Lipinski definition) is 4. The lowest BCUT2D eigenvalue weighted by Crippen LogP contribution is -2.55. The topological polar surface area (TPSA) is 146 Å². The van der Waals surface area contributed by atoms with Gasteiger partial charge in [-0.1, -0.05) is 88.4 Å². The van der Waals surface area contributed by atoms with Gasteiger partial charge in [-0.25, -0.2) is 14.6 Å². The zero-order chi connectivity index (χ0) is 36.0. The van der Waals surface area contributed by atoms with E-state index in [4.69, 9.17) is 4.74 Å². The molecule has 0 bridgehead atoms. The molecule has 4 rings (SSSR count). The van der Waals surface area contributed by atoms with Crippen molar-refractivity contribution in [1.29, 1.82) is 0 Å². The molecule has 50 heavy (non-hydrogen) atoms. The van der Waals surface area contributed by atoms with E-state index in [1.807, 2.05) is 79.9 Å². The van der Waals surface area contributed by atoms with E-state index >= 15 is 0 Å². The van der Waals surface area contributed by atoms with Gasteiger partial charge in [0.2, 0.25) is 5.91 Å². The number of aliphatic hydroxyl groups excluding tert-OH is 1. The van der Waals surface area contributed by atoms with Gasteiger partial charge in [-0.2, -0.15) is 0 Å². The van der Waals surface area contributed by atoms with Gasteiger partial charge < -0.3 is 30.7 Å². The monoisotopic (exact) mass is 720 g/mol. The van der Waals surface area contributed by atoms with Crippen LogP contribution in [-0.2, 0) is 35.5 Å². The molecule has 4 N–H and O–H groups in total. The first-order valence-corrected chi connectivity index (χ1v) is 18.6. The minimum absolute atomic E-state index is 0.0671. The van der Waals surface area contributed by atoms with E-state index in [0.717, 1.165) is 26.7 Å². The number of nitrogens with one attached hydrogen (secondary N) is 3. The van der Waals surface area contributed by atoms with Crippen molar-refractivity contribution in [2.75, 3.05) is 7.05 Å². The molecule has 13 heteroatoms. The van der Waals surface area contributed by atoms with E-state index < -0.39 is 30.3 Å². The van der Waals surface area contributed by atoms with E-state index in [2.05, 4.69) is 39.8 Å². The molecule has 11 nitrogen and oxygen atoms in total. The molecule has 0 aliphatic heterocycles. The van der Waals surface area contributed by atoms with Gasteiger partial charge >= 0.3 is 12.1 Å². The van der Waals surface area contributed by atoms with Crippen molar-refractivity contribution in [1.82, 2.24) is 30.8 Å². The van der Waals surface area contributed by atoms with Crippen molar-refractivity contribution >= 4 is 40.7 Å². The maximum atomic E-state index is 13.9. The number of aliphatic hydroxyl groups is 1. The lowest BCUT2D eigenvalue weighted by Gasteiger charge is -2.30. The highest BCUT2D eigenvalue weighted by atomic mass is 32.1. The summed E-state index contributed by atoms with van der Waals surface area (Å²) in [6.07, 6.45) is 0.836. The number of aromatic nitrogens is 2. The summed E-state index contributed by atoms with van der Waals surface area (Å²) >= 11 is 2.95. The van der Waals surface area contributed by atoms with Gasteiger partial charge in [0.05, 0.1) is 39.8 Å². The summed E-state index contributed by atoms with van der Waals surface area (Å²) < 4.78 is 5.42. The van der Waals surface area contributed by atoms with Crippen molar-refractivity contribution in [2.24, 2.45) is 5.92 Å². The molecule has 2 aromatic carbocycles. The highest BCUT2D eigenvalue weighted by molar-refractivity contribution is 7.09. The van der Waals surface area contributed by atoms with Crippen LogP contribution in [0.5, 0.6) is 0 Å². The van der Waals surface area contributed by atoms with Gasteiger partial charge in [-0.05, 0) is 36.3 Å². The predicted octanol–water partition coefficient (Wildman–Crippen LogP) is 5.91. The van der Waals surface area contributed by atoms with Crippen LogP contribution in [0.2, 0.25) is 0 Å². The Labute approximate surface area is 302 Å². The summed E-state index contributed by atoms with van der Waals surface area (Å²) in [7, 11) is 1.68. The van der Waals surface area contributed by atoms with E-state index in [1.165, 1.54) is 16.2 Å². The van der Waals surface area contributed by atoms with Gasteiger partial charge in [0.1, 0.15) is 12.6 Å². The lowest BCUT2D eigenvalue weighted by atomic mass is 9.93. The van der Waals surface area contributed by atoms with Crippen LogP contribution in [0.25, 0.3) is 0 Å². The number of alkyl carbamates (subject to hydrolysis) is 1. The number of urea groups is 1. The highest BCUT2D eigenvalue weighted by Gasteiger charge is 2.31. The van der Waals surface area contributed by atoms with E-state index in [0.29, 0.717) is 25.3 Å². The molecule has 0 spiro atoms. The van der Waals surface area contributed by atoms with Crippen LogP contribution in [0.4, 0.5) is 9.59 Å². The number of carbonyl (C=O) groups excluding carboxylic acids is 3. The predicted molar refractivity (Wildman–Crippen MR) is 197 cm³/mol. The van der Waals surface area contributed by atoms with Crippen LogP contribution in [0, 0.1) is 5.92 Å². The summed E-state index contributed by atoms with van der Waals surface area (Å²) in [5, 5.41) is 23.5. The smallest absolute Gasteiger partial charge is 0.407 e. The van der Waals surface area contributed by atoms with Crippen molar-refractivity contribution in [3.05, 3.63) is 104 Å². The lowest BCUT2D eigenvalue weighted by molar-refractivity contribution is -0.124. The van der Waals surface area contributed by atoms with Crippen LogP contribution in [0.3, 0.4) is 0 Å². The third kappa shape index (κ3) is 12.2. The van der Waals surface area contributed by atoms with Gasteiger partial charge in [-0.15, -0.1) is 22.7 Å². The molecule has 2 heterocycles. The van der Waals surface area contributed by atoms with Crippen LogP contribution in [0.1, 0.15) is 66.7 Å². The molecule has 4 amide bonds. The van der Waals surface area contributed by atoms with Gasteiger partial charge in [0, 0.05) is 30.6 Å². The fraction of sp³-hybridized carbons (Fsp3) is 0.432.